The van der Waals surface area contributed by atoms with Crippen LogP contribution in [-0.2, 0) is 9.84 Å². The summed E-state index contributed by atoms with van der Waals surface area (Å²) in [5.74, 6) is -0.791. The number of hydrogen-bond acceptors (Lipinski definition) is 8. The zero-order chi connectivity index (χ0) is 30.1. The molecule has 2 saturated heterocycles. The molecule has 2 aliphatic rings. The fraction of sp³-hybridized carbons (Fsp3) is 0.355. The number of fused-ring (bicyclic) bond motifs is 1. The number of benzene rings is 3. The molecular formula is C31H36FN7O3S. The van der Waals surface area contributed by atoms with E-state index >= 15 is 0 Å². The number of piperazine rings is 1. The van der Waals surface area contributed by atoms with Gasteiger partial charge in [0.2, 0.25) is 9.84 Å². The molecule has 0 radical (unpaired) electrons. The average Bonchev–Trinajstić information content (AvgIpc) is 3.61. The van der Waals surface area contributed by atoms with Crippen molar-refractivity contribution in [3.63, 3.8) is 0 Å². The van der Waals surface area contributed by atoms with Gasteiger partial charge in [-0.1, -0.05) is 6.07 Å². The number of likely N-dealkylation sites (tertiary alicyclic amines) is 1. The second-order valence-corrected chi connectivity index (χ2v) is 13.3. The molecule has 10 nitrogen and oxygen atoms in total. The summed E-state index contributed by atoms with van der Waals surface area (Å²) in [6.45, 7) is 5.54. The normalized spacial score (nSPS) is 18.3. The van der Waals surface area contributed by atoms with Crippen LogP contribution in [0.1, 0.15) is 23.2 Å². The molecular weight excluding hydrogens is 569 g/mol. The van der Waals surface area contributed by atoms with E-state index in [4.69, 9.17) is 0 Å². The summed E-state index contributed by atoms with van der Waals surface area (Å²) in [5, 5.41) is 14.0. The Hall–Kier alpha value is -4.00. The summed E-state index contributed by atoms with van der Waals surface area (Å²) in [6, 6.07) is 15.6. The number of carbonyl (C=O) groups is 1. The van der Waals surface area contributed by atoms with Crippen LogP contribution in [0.2, 0.25) is 0 Å². The molecule has 3 heterocycles. The fourth-order valence-corrected chi connectivity index (χ4v) is 7.12. The standard InChI is InChI=1S/C31H36FN7O3S/c1-37-13-15-39(16-14-37)22-8-10-26(29(18-22)33-20-23-6-4-12-38(23)2)31(40)34-30-27-19-25(9-11-28(27)35-36-30)43(41,42)24-7-3-5-21(32)17-24/h3,5,7-11,17-19,23,33H,4,6,12-16,20H2,1-2H3,(H2,34,35,36,40). The molecule has 226 valence electrons. The molecule has 2 fully saturated rings. The van der Waals surface area contributed by atoms with Gasteiger partial charge in [-0.25, -0.2) is 12.8 Å². The zero-order valence-corrected chi connectivity index (χ0v) is 25.1. The maximum absolute atomic E-state index is 13.8. The van der Waals surface area contributed by atoms with Crippen molar-refractivity contribution < 1.29 is 17.6 Å². The van der Waals surface area contributed by atoms with Gasteiger partial charge in [0.05, 0.1) is 20.9 Å². The molecule has 3 N–H and O–H groups in total. The number of anilines is 3. The monoisotopic (exact) mass is 605 g/mol. The first kappa shape index (κ1) is 29.1. The highest BCUT2D eigenvalue weighted by Crippen LogP contribution is 2.30. The smallest absolute Gasteiger partial charge is 0.258 e. The van der Waals surface area contributed by atoms with Crippen molar-refractivity contribution in [1.29, 1.82) is 0 Å². The van der Waals surface area contributed by atoms with Crippen LogP contribution in [-0.4, -0.2) is 93.7 Å². The molecule has 1 unspecified atom stereocenters. The van der Waals surface area contributed by atoms with E-state index in [9.17, 15) is 17.6 Å². The van der Waals surface area contributed by atoms with Crippen LogP contribution >= 0.6 is 0 Å². The summed E-state index contributed by atoms with van der Waals surface area (Å²) in [4.78, 5) is 20.5. The highest BCUT2D eigenvalue weighted by atomic mass is 32.2. The molecule has 4 aromatic rings. The summed E-state index contributed by atoms with van der Waals surface area (Å²) in [6.07, 6.45) is 2.25. The quantitative estimate of drug-likeness (QED) is 0.276. The van der Waals surface area contributed by atoms with Gasteiger partial charge in [-0.3, -0.25) is 9.89 Å². The van der Waals surface area contributed by atoms with Gasteiger partial charge in [-0.15, -0.1) is 0 Å². The first-order valence-corrected chi connectivity index (χ1v) is 16.0. The van der Waals surface area contributed by atoms with Crippen LogP contribution < -0.4 is 15.5 Å². The molecule has 1 amide bonds. The Kier molecular flexibility index (Phi) is 8.08. The Morgan fingerprint density at radius 3 is 2.53 bits per heavy atom. The lowest BCUT2D eigenvalue weighted by molar-refractivity contribution is 0.102. The predicted octanol–water partition coefficient (Wildman–Crippen LogP) is 4.05. The number of aromatic nitrogens is 2. The topological polar surface area (TPSA) is 114 Å². The summed E-state index contributed by atoms with van der Waals surface area (Å²) < 4.78 is 40.3. The molecule has 43 heavy (non-hydrogen) atoms. The van der Waals surface area contributed by atoms with Gasteiger partial charge in [-0.05, 0) is 88.1 Å². The van der Waals surface area contributed by atoms with Crippen molar-refractivity contribution in [2.24, 2.45) is 0 Å². The number of hydrogen-bond donors (Lipinski definition) is 3. The van der Waals surface area contributed by atoms with Crippen LogP contribution in [0.25, 0.3) is 10.9 Å². The van der Waals surface area contributed by atoms with E-state index in [1.165, 1.54) is 30.3 Å². The molecule has 3 aromatic carbocycles. The average molecular weight is 606 g/mol. The first-order chi connectivity index (χ1) is 20.7. The third-order valence-corrected chi connectivity index (χ3v) is 10.2. The molecule has 0 spiro atoms. The van der Waals surface area contributed by atoms with Crippen molar-refractivity contribution in [3.8, 4) is 0 Å². The SMILES string of the molecule is CN1CCN(c2ccc(C(=O)Nc3n[nH]c4ccc(S(=O)(=O)c5cccc(F)c5)cc34)c(NCC3CCCN3C)c2)CC1. The van der Waals surface area contributed by atoms with Crippen molar-refractivity contribution in [3.05, 3.63) is 72.0 Å². The molecule has 6 rings (SSSR count). The van der Waals surface area contributed by atoms with E-state index in [1.54, 1.807) is 6.07 Å². The number of sulfone groups is 1. The lowest BCUT2D eigenvalue weighted by Gasteiger charge is -2.34. The van der Waals surface area contributed by atoms with E-state index in [2.05, 4.69) is 49.6 Å². The third kappa shape index (κ3) is 6.08. The molecule has 1 atom stereocenters. The summed E-state index contributed by atoms with van der Waals surface area (Å²) >= 11 is 0. The minimum absolute atomic E-state index is 0.0259. The Labute approximate surface area is 250 Å². The molecule has 0 bridgehead atoms. The van der Waals surface area contributed by atoms with Crippen LogP contribution in [0.5, 0.6) is 0 Å². The van der Waals surface area contributed by atoms with Gasteiger partial charge in [0.15, 0.2) is 5.82 Å². The largest absolute Gasteiger partial charge is 0.383 e. The predicted molar refractivity (Wildman–Crippen MR) is 166 cm³/mol. The Bertz CT molecular complexity index is 1750. The minimum Gasteiger partial charge on any atom is -0.383 e. The van der Waals surface area contributed by atoms with Gasteiger partial charge >= 0.3 is 0 Å². The highest BCUT2D eigenvalue weighted by Gasteiger charge is 2.24. The highest BCUT2D eigenvalue weighted by molar-refractivity contribution is 7.91. The molecule has 0 aliphatic carbocycles. The van der Waals surface area contributed by atoms with E-state index < -0.39 is 15.7 Å². The van der Waals surface area contributed by atoms with E-state index in [0.29, 0.717) is 22.5 Å². The van der Waals surface area contributed by atoms with Crippen molar-refractivity contribution in [2.75, 3.05) is 68.9 Å². The number of H-pyrrole nitrogens is 1. The second-order valence-electron chi connectivity index (χ2n) is 11.4. The van der Waals surface area contributed by atoms with Crippen LogP contribution in [0.4, 0.5) is 21.6 Å². The Morgan fingerprint density at radius 1 is 1.00 bits per heavy atom. The van der Waals surface area contributed by atoms with Gasteiger partial charge in [0.1, 0.15) is 5.82 Å². The Balaban J connectivity index is 1.28. The Morgan fingerprint density at radius 2 is 1.79 bits per heavy atom. The number of carbonyl (C=O) groups excluding carboxylic acids is 1. The lowest BCUT2D eigenvalue weighted by Crippen LogP contribution is -2.44. The minimum atomic E-state index is -3.99. The number of likely N-dealkylation sites (N-methyl/N-ethyl adjacent to an activating group) is 2. The van der Waals surface area contributed by atoms with Crippen LogP contribution in [0, 0.1) is 5.82 Å². The van der Waals surface area contributed by atoms with E-state index in [0.717, 1.165) is 69.6 Å². The molecule has 0 saturated carbocycles. The van der Waals surface area contributed by atoms with Crippen LogP contribution in [0.3, 0.4) is 0 Å². The van der Waals surface area contributed by atoms with Crippen LogP contribution in [0.15, 0.2) is 70.5 Å². The van der Waals surface area contributed by atoms with Crippen molar-refractivity contribution in [1.82, 2.24) is 20.0 Å². The molecule has 12 heteroatoms. The van der Waals surface area contributed by atoms with E-state index in [-0.39, 0.29) is 21.5 Å². The maximum atomic E-state index is 13.8. The number of halogens is 1. The lowest BCUT2D eigenvalue weighted by atomic mass is 10.1. The van der Waals surface area contributed by atoms with Crippen molar-refractivity contribution in [2.45, 2.75) is 28.7 Å². The molecule has 2 aliphatic heterocycles. The molecule has 1 aromatic heterocycles. The van der Waals surface area contributed by atoms with Gasteiger partial charge in [-0.2, -0.15) is 5.10 Å². The second kappa shape index (κ2) is 11.9. The maximum Gasteiger partial charge on any atom is 0.258 e. The van der Waals surface area contributed by atoms with Crippen molar-refractivity contribution >= 4 is 43.8 Å². The number of nitrogens with zero attached hydrogens (tertiary/aromatic N) is 4. The van der Waals surface area contributed by atoms with Gasteiger partial charge in [0, 0.05) is 55.5 Å². The third-order valence-electron chi connectivity index (χ3n) is 8.50. The number of rotatable bonds is 8. The number of nitrogens with one attached hydrogen (secondary N) is 3. The summed E-state index contributed by atoms with van der Waals surface area (Å²) in [7, 11) is 0.254. The van der Waals surface area contributed by atoms with Gasteiger partial charge in [0.25, 0.3) is 5.91 Å². The number of amides is 1. The summed E-state index contributed by atoms with van der Waals surface area (Å²) in [5.41, 5.74) is 2.83. The van der Waals surface area contributed by atoms with E-state index in [1.807, 2.05) is 18.2 Å². The fourth-order valence-electron chi connectivity index (χ4n) is 5.80. The first-order valence-electron chi connectivity index (χ1n) is 14.5. The zero-order valence-electron chi connectivity index (χ0n) is 24.3. The number of aromatic amines is 1. The van der Waals surface area contributed by atoms with Gasteiger partial charge < -0.3 is 25.3 Å².